The molecule has 0 aliphatic rings. The molecule has 0 aliphatic heterocycles. The van der Waals surface area contributed by atoms with Crippen molar-refractivity contribution in [3.63, 3.8) is 0 Å². The molecule has 0 radical (unpaired) electrons. The summed E-state index contributed by atoms with van der Waals surface area (Å²) in [4.78, 5) is 13.3. The maximum atomic E-state index is 13.6. The molecule has 0 fully saturated rings. The fourth-order valence-electron chi connectivity index (χ4n) is 1.54. The topological polar surface area (TPSA) is 46.3 Å². The van der Waals surface area contributed by atoms with Crippen LogP contribution in [0.1, 0.15) is 19.4 Å². The van der Waals surface area contributed by atoms with E-state index < -0.39 is 11.9 Å². The van der Waals surface area contributed by atoms with Crippen LogP contribution in [0.15, 0.2) is 18.2 Å². The van der Waals surface area contributed by atoms with Crippen LogP contribution in [0.5, 0.6) is 0 Å². The number of nitrogens with zero attached hydrogens (tertiary/aromatic N) is 1. The van der Waals surface area contributed by atoms with Gasteiger partial charge in [-0.15, -0.1) is 12.4 Å². The average molecular weight is 309 g/mol. The minimum absolute atomic E-state index is 0. The molecule has 1 rings (SSSR count). The zero-order chi connectivity index (χ0) is 13.9. The maximum absolute atomic E-state index is 13.6. The summed E-state index contributed by atoms with van der Waals surface area (Å²) in [7, 11) is 1.59. The Morgan fingerprint density at radius 3 is 2.53 bits per heavy atom. The molecule has 0 spiro atoms. The summed E-state index contributed by atoms with van der Waals surface area (Å²) in [5, 5.41) is 0.313. The van der Waals surface area contributed by atoms with E-state index in [1.807, 2.05) is 13.8 Å². The van der Waals surface area contributed by atoms with Gasteiger partial charge in [-0.25, -0.2) is 4.39 Å². The molecule has 3 nitrogen and oxygen atoms in total. The highest BCUT2D eigenvalue weighted by atomic mass is 35.5. The highest BCUT2D eigenvalue weighted by Crippen LogP contribution is 2.20. The number of hydrogen-bond acceptors (Lipinski definition) is 2. The molecule has 6 heteroatoms. The molecule has 0 heterocycles. The van der Waals surface area contributed by atoms with Crippen LogP contribution in [-0.2, 0) is 11.3 Å². The summed E-state index contributed by atoms with van der Waals surface area (Å²) < 4.78 is 13.6. The molecule has 0 aliphatic carbocycles. The number of carbonyl (C=O) groups excluding carboxylic acids is 1. The first-order valence-corrected chi connectivity index (χ1v) is 6.15. The van der Waals surface area contributed by atoms with Crippen molar-refractivity contribution in [2.75, 3.05) is 7.05 Å². The highest BCUT2D eigenvalue weighted by Gasteiger charge is 2.22. The van der Waals surface area contributed by atoms with Gasteiger partial charge in [0.2, 0.25) is 5.91 Å². The number of rotatable bonds is 4. The number of carbonyl (C=O) groups is 1. The Morgan fingerprint density at radius 2 is 2.05 bits per heavy atom. The van der Waals surface area contributed by atoms with Gasteiger partial charge in [0, 0.05) is 24.2 Å². The van der Waals surface area contributed by atoms with Gasteiger partial charge in [0.25, 0.3) is 0 Å². The molecular formula is C13H19Cl2FN2O. The van der Waals surface area contributed by atoms with E-state index in [-0.39, 0.29) is 30.8 Å². The second kappa shape index (κ2) is 7.68. The number of likely N-dealkylation sites (N-methyl/N-ethyl adjacent to an activating group) is 1. The van der Waals surface area contributed by atoms with Crippen LogP contribution >= 0.6 is 24.0 Å². The first-order chi connectivity index (χ1) is 8.34. The second-order valence-corrected chi connectivity index (χ2v) is 5.07. The Hall–Kier alpha value is -0.840. The first kappa shape index (κ1) is 18.2. The van der Waals surface area contributed by atoms with Gasteiger partial charge >= 0.3 is 0 Å². The molecule has 0 saturated heterocycles. The molecule has 1 aromatic rings. The van der Waals surface area contributed by atoms with Crippen LogP contribution in [0.4, 0.5) is 4.39 Å². The lowest BCUT2D eigenvalue weighted by Crippen LogP contribution is -2.44. The predicted octanol–water partition coefficient (Wildman–Crippen LogP) is 2.84. The fraction of sp³-hybridized carbons (Fsp3) is 0.462. The maximum Gasteiger partial charge on any atom is 0.239 e. The highest BCUT2D eigenvalue weighted by molar-refractivity contribution is 6.31. The van der Waals surface area contributed by atoms with Crippen LogP contribution in [0.25, 0.3) is 0 Å². The Bertz CT molecular complexity index is 420. The van der Waals surface area contributed by atoms with Gasteiger partial charge in [-0.1, -0.05) is 31.5 Å². The Labute approximate surface area is 124 Å². The van der Waals surface area contributed by atoms with Crippen LogP contribution in [0.3, 0.4) is 0 Å². The summed E-state index contributed by atoms with van der Waals surface area (Å²) in [5.74, 6) is -0.597. The van der Waals surface area contributed by atoms with Crippen LogP contribution < -0.4 is 5.73 Å². The second-order valence-electron chi connectivity index (χ2n) is 4.66. The van der Waals surface area contributed by atoms with E-state index >= 15 is 0 Å². The zero-order valence-electron chi connectivity index (χ0n) is 11.2. The van der Waals surface area contributed by atoms with Crippen molar-refractivity contribution >= 4 is 29.9 Å². The molecule has 1 amide bonds. The number of halogens is 3. The smallest absolute Gasteiger partial charge is 0.239 e. The number of nitrogens with two attached hydrogens (primary N) is 1. The average Bonchev–Trinajstić information content (AvgIpc) is 2.31. The molecule has 19 heavy (non-hydrogen) atoms. The van der Waals surface area contributed by atoms with Crippen LogP contribution in [-0.4, -0.2) is 23.9 Å². The van der Waals surface area contributed by atoms with E-state index in [1.165, 1.54) is 17.0 Å². The zero-order valence-corrected chi connectivity index (χ0v) is 12.8. The van der Waals surface area contributed by atoms with Gasteiger partial charge in [0.15, 0.2) is 0 Å². The van der Waals surface area contributed by atoms with Gasteiger partial charge in [-0.3, -0.25) is 4.79 Å². The summed E-state index contributed by atoms with van der Waals surface area (Å²) in [6, 6.07) is 3.87. The molecule has 1 aromatic carbocycles. The van der Waals surface area contributed by atoms with E-state index in [1.54, 1.807) is 13.1 Å². The predicted molar refractivity (Wildman–Crippen MR) is 77.9 cm³/mol. The fourth-order valence-corrected chi connectivity index (χ4v) is 1.76. The van der Waals surface area contributed by atoms with E-state index in [9.17, 15) is 9.18 Å². The van der Waals surface area contributed by atoms with E-state index in [0.717, 1.165) is 0 Å². The normalized spacial score (nSPS) is 11.9. The molecular weight excluding hydrogens is 290 g/mol. The first-order valence-electron chi connectivity index (χ1n) is 5.78. The van der Waals surface area contributed by atoms with Gasteiger partial charge < -0.3 is 10.6 Å². The van der Waals surface area contributed by atoms with Crippen molar-refractivity contribution in [2.24, 2.45) is 11.7 Å². The molecule has 1 atom stereocenters. The van der Waals surface area contributed by atoms with Gasteiger partial charge in [-0.2, -0.15) is 0 Å². The molecule has 0 saturated carbocycles. The SMILES string of the molecule is CC(C)[C@H](N)C(=O)N(C)Cc1c(F)cccc1Cl.Cl. The van der Waals surface area contributed by atoms with Crippen molar-refractivity contribution in [3.8, 4) is 0 Å². The summed E-state index contributed by atoms with van der Waals surface area (Å²) in [6.07, 6.45) is 0. The third-order valence-electron chi connectivity index (χ3n) is 2.84. The summed E-state index contributed by atoms with van der Waals surface area (Å²) >= 11 is 5.91. The van der Waals surface area contributed by atoms with Crippen molar-refractivity contribution in [3.05, 3.63) is 34.6 Å². The lowest BCUT2D eigenvalue weighted by atomic mass is 10.0. The van der Waals surface area contributed by atoms with Crippen molar-refractivity contribution < 1.29 is 9.18 Å². The van der Waals surface area contributed by atoms with Crippen LogP contribution in [0.2, 0.25) is 5.02 Å². The number of amides is 1. The van der Waals surface area contributed by atoms with Crippen molar-refractivity contribution in [1.82, 2.24) is 4.90 Å². The van der Waals surface area contributed by atoms with Gasteiger partial charge in [0.1, 0.15) is 5.82 Å². The van der Waals surface area contributed by atoms with Gasteiger partial charge in [-0.05, 0) is 18.1 Å². The Kier molecular flexibility index (Phi) is 7.34. The minimum atomic E-state index is -0.583. The van der Waals surface area contributed by atoms with Crippen LogP contribution in [0, 0.1) is 11.7 Å². The molecule has 0 bridgehead atoms. The van der Waals surface area contributed by atoms with E-state index in [4.69, 9.17) is 17.3 Å². The van der Waals surface area contributed by atoms with Crippen molar-refractivity contribution in [1.29, 1.82) is 0 Å². The quantitative estimate of drug-likeness (QED) is 0.929. The summed E-state index contributed by atoms with van der Waals surface area (Å²) in [5.41, 5.74) is 6.08. The Morgan fingerprint density at radius 1 is 1.47 bits per heavy atom. The standard InChI is InChI=1S/C13H18ClFN2O.ClH/c1-8(2)12(16)13(18)17(3)7-9-10(14)5-4-6-11(9)15;/h4-6,8,12H,7,16H2,1-3H3;1H/t12-;/m0./s1. The molecule has 2 N–H and O–H groups in total. The lowest BCUT2D eigenvalue weighted by Gasteiger charge is -2.24. The number of hydrogen-bond donors (Lipinski definition) is 1. The monoisotopic (exact) mass is 308 g/mol. The number of benzene rings is 1. The largest absolute Gasteiger partial charge is 0.340 e. The van der Waals surface area contributed by atoms with E-state index in [2.05, 4.69) is 0 Å². The third kappa shape index (κ3) is 4.64. The van der Waals surface area contributed by atoms with Gasteiger partial charge in [0.05, 0.1) is 6.04 Å². The minimum Gasteiger partial charge on any atom is -0.340 e. The molecule has 0 unspecified atom stereocenters. The lowest BCUT2D eigenvalue weighted by molar-refractivity contribution is -0.132. The summed E-state index contributed by atoms with van der Waals surface area (Å²) in [6.45, 7) is 3.85. The molecule has 108 valence electrons. The van der Waals surface area contributed by atoms with E-state index in [0.29, 0.717) is 10.6 Å². The Balaban J connectivity index is 0.00000324. The third-order valence-corrected chi connectivity index (χ3v) is 3.19. The van der Waals surface area contributed by atoms with Crippen molar-refractivity contribution in [2.45, 2.75) is 26.4 Å². The molecule has 0 aromatic heterocycles.